The van der Waals surface area contributed by atoms with Crippen molar-refractivity contribution in [1.29, 1.82) is 0 Å². The lowest BCUT2D eigenvalue weighted by Gasteiger charge is -2.17. The van der Waals surface area contributed by atoms with Crippen LogP contribution in [0.4, 0.5) is 5.69 Å². The van der Waals surface area contributed by atoms with E-state index in [0.717, 1.165) is 22.2 Å². The summed E-state index contributed by atoms with van der Waals surface area (Å²) in [6.45, 7) is 0. The normalized spacial score (nSPS) is 11.1. The molecule has 0 saturated heterocycles. The Labute approximate surface area is 127 Å². The molecule has 1 aromatic heterocycles. The topological polar surface area (TPSA) is 33.2 Å². The summed E-state index contributed by atoms with van der Waals surface area (Å²) in [6.07, 6.45) is 3.29. The number of amides is 1. The Morgan fingerprint density at radius 3 is 2.81 bits per heavy atom. The molecule has 0 saturated carbocycles. The Balaban J connectivity index is 1.90. The van der Waals surface area contributed by atoms with Crippen LogP contribution in [0.5, 0.6) is 0 Å². The van der Waals surface area contributed by atoms with Crippen molar-refractivity contribution < 1.29 is 4.79 Å². The fourth-order valence-corrected chi connectivity index (χ4v) is 2.71. The average Bonchev–Trinajstić information content (AvgIpc) is 3.05. The van der Waals surface area contributed by atoms with Crippen LogP contribution in [0.1, 0.15) is 5.69 Å². The standard InChI is InChI=1S/C17H14N2OS/c1-19(17(20)10-9-14-11-21-12-18-14)16-8-4-6-13-5-2-3-7-15(13)16/h2-12H,1H3. The van der Waals surface area contributed by atoms with E-state index in [2.05, 4.69) is 4.98 Å². The molecular formula is C17H14N2OS. The maximum absolute atomic E-state index is 12.3. The highest BCUT2D eigenvalue weighted by atomic mass is 32.1. The van der Waals surface area contributed by atoms with Gasteiger partial charge in [0.05, 0.1) is 16.9 Å². The lowest BCUT2D eigenvalue weighted by Crippen LogP contribution is -2.24. The third-order valence-corrected chi connectivity index (χ3v) is 3.91. The molecule has 3 aromatic rings. The summed E-state index contributed by atoms with van der Waals surface area (Å²) in [4.78, 5) is 18.1. The van der Waals surface area contributed by atoms with Crippen LogP contribution in [0.15, 0.2) is 59.4 Å². The highest BCUT2D eigenvalue weighted by Gasteiger charge is 2.10. The molecular weight excluding hydrogens is 280 g/mol. The zero-order chi connectivity index (χ0) is 14.7. The van der Waals surface area contributed by atoms with Gasteiger partial charge in [-0.25, -0.2) is 4.98 Å². The Morgan fingerprint density at radius 1 is 1.19 bits per heavy atom. The smallest absolute Gasteiger partial charge is 0.250 e. The molecule has 0 aliphatic heterocycles. The minimum Gasteiger partial charge on any atom is -0.311 e. The van der Waals surface area contributed by atoms with E-state index in [-0.39, 0.29) is 5.91 Å². The molecule has 0 fully saturated rings. The number of anilines is 1. The summed E-state index contributed by atoms with van der Waals surface area (Å²) in [5.74, 6) is -0.0700. The number of hydrogen-bond donors (Lipinski definition) is 0. The summed E-state index contributed by atoms with van der Waals surface area (Å²) in [7, 11) is 1.79. The lowest BCUT2D eigenvalue weighted by atomic mass is 10.1. The second-order valence-corrected chi connectivity index (χ2v) is 5.36. The van der Waals surface area contributed by atoms with Crippen molar-refractivity contribution in [3.63, 3.8) is 0 Å². The molecule has 0 unspecified atom stereocenters. The molecule has 0 bridgehead atoms. The SMILES string of the molecule is CN(C(=O)C=Cc1cscn1)c1cccc2ccccc12. The van der Waals surface area contributed by atoms with Gasteiger partial charge in [0.25, 0.3) is 5.91 Å². The number of carbonyl (C=O) groups is 1. The zero-order valence-electron chi connectivity index (χ0n) is 11.6. The molecule has 0 aliphatic rings. The van der Waals surface area contributed by atoms with Crippen molar-refractivity contribution in [3.8, 4) is 0 Å². The average molecular weight is 294 g/mol. The van der Waals surface area contributed by atoms with E-state index in [1.165, 1.54) is 11.3 Å². The van der Waals surface area contributed by atoms with Crippen molar-refractivity contribution in [1.82, 2.24) is 4.98 Å². The first-order chi connectivity index (χ1) is 10.3. The van der Waals surface area contributed by atoms with Gasteiger partial charge in [-0.2, -0.15) is 0 Å². The number of fused-ring (bicyclic) bond motifs is 1. The Morgan fingerprint density at radius 2 is 2.00 bits per heavy atom. The number of aromatic nitrogens is 1. The van der Waals surface area contributed by atoms with Gasteiger partial charge in [-0.1, -0.05) is 36.4 Å². The third-order valence-electron chi connectivity index (χ3n) is 3.31. The quantitative estimate of drug-likeness (QED) is 0.685. The molecule has 0 radical (unpaired) electrons. The maximum atomic E-state index is 12.3. The fourth-order valence-electron chi connectivity index (χ4n) is 2.19. The molecule has 0 atom stereocenters. The number of benzene rings is 2. The van der Waals surface area contributed by atoms with Crippen LogP contribution in [0.3, 0.4) is 0 Å². The van der Waals surface area contributed by atoms with Crippen LogP contribution in [0.2, 0.25) is 0 Å². The van der Waals surface area contributed by atoms with E-state index >= 15 is 0 Å². The lowest BCUT2D eigenvalue weighted by molar-refractivity contribution is -0.113. The Kier molecular flexibility index (Phi) is 3.79. The first-order valence-corrected chi connectivity index (χ1v) is 7.52. The molecule has 1 heterocycles. The third kappa shape index (κ3) is 2.85. The van der Waals surface area contributed by atoms with Crippen molar-refractivity contribution in [3.05, 3.63) is 65.1 Å². The first kappa shape index (κ1) is 13.5. The van der Waals surface area contributed by atoms with Crippen LogP contribution in [-0.4, -0.2) is 17.9 Å². The van der Waals surface area contributed by atoms with E-state index in [9.17, 15) is 4.79 Å². The van der Waals surface area contributed by atoms with Gasteiger partial charge in [-0.15, -0.1) is 11.3 Å². The molecule has 0 aliphatic carbocycles. The van der Waals surface area contributed by atoms with Crippen LogP contribution in [0, 0.1) is 0 Å². The van der Waals surface area contributed by atoms with Gasteiger partial charge in [0.15, 0.2) is 0 Å². The summed E-state index contributed by atoms with van der Waals surface area (Å²) in [6, 6.07) is 14.0. The summed E-state index contributed by atoms with van der Waals surface area (Å²) < 4.78 is 0. The number of nitrogens with zero attached hydrogens (tertiary/aromatic N) is 2. The van der Waals surface area contributed by atoms with Gasteiger partial charge in [0.2, 0.25) is 0 Å². The second-order valence-electron chi connectivity index (χ2n) is 4.64. The largest absolute Gasteiger partial charge is 0.311 e. The number of rotatable bonds is 3. The summed E-state index contributed by atoms with van der Waals surface area (Å²) >= 11 is 1.51. The number of carbonyl (C=O) groups excluding carboxylic acids is 1. The van der Waals surface area contributed by atoms with Gasteiger partial charge in [-0.3, -0.25) is 4.79 Å². The van der Waals surface area contributed by atoms with Crippen LogP contribution in [0.25, 0.3) is 16.8 Å². The van der Waals surface area contributed by atoms with E-state index in [0.29, 0.717) is 0 Å². The Hall–Kier alpha value is -2.46. The van der Waals surface area contributed by atoms with Gasteiger partial charge in [0.1, 0.15) is 0 Å². The monoisotopic (exact) mass is 294 g/mol. The van der Waals surface area contributed by atoms with Crippen LogP contribution >= 0.6 is 11.3 Å². The predicted octanol–water partition coefficient (Wildman–Crippen LogP) is 3.97. The van der Waals surface area contributed by atoms with E-state index in [4.69, 9.17) is 0 Å². The maximum Gasteiger partial charge on any atom is 0.250 e. The molecule has 4 heteroatoms. The molecule has 3 rings (SSSR count). The minimum atomic E-state index is -0.0700. The van der Waals surface area contributed by atoms with E-state index in [1.807, 2.05) is 47.8 Å². The van der Waals surface area contributed by atoms with Gasteiger partial charge in [-0.05, 0) is 17.5 Å². The number of likely N-dealkylation sites (N-methyl/N-ethyl adjacent to an activating group) is 1. The van der Waals surface area contributed by atoms with Crippen molar-refractivity contribution in [2.45, 2.75) is 0 Å². The van der Waals surface area contributed by atoms with Gasteiger partial charge < -0.3 is 4.90 Å². The zero-order valence-corrected chi connectivity index (χ0v) is 12.4. The molecule has 0 spiro atoms. The highest BCUT2D eigenvalue weighted by molar-refractivity contribution is 7.07. The summed E-state index contributed by atoms with van der Waals surface area (Å²) in [5.41, 5.74) is 3.46. The Bertz CT molecular complexity index is 788. The molecule has 21 heavy (non-hydrogen) atoms. The first-order valence-electron chi connectivity index (χ1n) is 6.57. The number of hydrogen-bond acceptors (Lipinski definition) is 3. The van der Waals surface area contributed by atoms with E-state index < -0.39 is 0 Å². The second kappa shape index (κ2) is 5.89. The molecule has 1 amide bonds. The van der Waals surface area contributed by atoms with Crippen molar-refractivity contribution in [2.75, 3.05) is 11.9 Å². The fraction of sp³-hybridized carbons (Fsp3) is 0.0588. The molecule has 2 aromatic carbocycles. The molecule has 104 valence electrons. The van der Waals surface area contributed by atoms with E-state index in [1.54, 1.807) is 29.6 Å². The van der Waals surface area contributed by atoms with Crippen molar-refractivity contribution in [2.24, 2.45) is 0 Å². The predicted molar refractivity (Wildman–Crippen MR) is 88.5 cm³/mol. The van der Waals surface area contributed by atoms with Crippen LogP contribution < -0.4 is 4.90 Å². The van der Waals surface area contributed by atoms with Gasteiger partial charge in [0, 0.05) is 23.9 Å². The molecule has 3 nitrogen and oxygen atoms in total. The van der Waals surface area contributed by atoms with Gasteiger partial charge >= 0.3 is 0 Å². The summed E-state index contributed by atoms with van der Waals surface area (Å²) in [5, 5.41) is 4.10. The van der Waals surface area contributed by atoms with Crippen molar-refractivity contribution >= 4 is 39.8 Å². The number of thiazole rings is 1. The molecule has 0 N–H and O–H groups in total. The minimum absolute atomic E-state index is 0.0700. The highest BCUT2D eigenvalue weighted by Crippen LogP contribution is 2.26. The van der Waals surface area contributed by atoms with Crippen LogP contribution in [-0.2, 0) is 4.79 Å².